The average molecular weight is 403 g/mol. The van der Waals surface area contributed by atoms with E-state index in [0.29, 0.717) is 40.6 Å². The summed E-state index contributed by atoms with van der Waals surface area (Å²) in [6, 6.07) is 8.44. The van der Waals surface area contributed by atoms with E-state index in [1.165, 1.54) is 6.07 Å². The Bertz CT molecular complexity index is 1300. The Hall–Kier alpha value is -3.81. The minimum absolute atomic E-state index is 0.367. The highest BCUT2D eigenvalue weighted by Gasteiger charge is 2.19. The Morgan fingerprint density at radius 3 is 2.90 bits per heavy atom. The molecule has 2 aromatic heterocycles. The Kier molecular flexibility index (Phi) is 4.39. The van der Waals surface area contributed by atoms with Gasteiger partial charge in [0.25, 0.3) is 0 Å². The van der Waals surface area contributed by atoms with Gasteiger partial charge in [0.2, 0.25) is 0 Å². The second kappa shape index (κ2) is 7.22. The summed E-state index contributed by atoms with van der Waals surface area (Å²) >= 11 is 0. The molecule has 0 N–H and O–H groups in total. The lowest BCUT2D eigenvalue weighted by molar-refractivity contribution is 0.374. The van der Waals surface area contributed by atoms with Crippen LogP contribution in [0, 0.1) is 5.82 Å². The van der Waals surface area contributed by atoms with Crippen LogP contribution in [-0.2, 0) is 6.54 Å². The van der Waals surface area contributed by atoms with Crippen LogP contribution in [0.5, 0.6) is 11.5 Å². The predicted molar refractivity (Wildman–Crippen MR) is 112 cm³/mol. The highest BCUT2D eigenvalue weighted by Crippen LogP contribution is 2.43. The normalized spacial score (nSPS) is 12.6. The molecule has 1 aliphatic heterocycles. The van der Waals surface area contributed by atoms with Crippen molar-refractivity contribution in [3.63, 3.8) is 0 Å². The minimum Gasteiger partial charge on any atom is -0.496 e. The van der Waals surface area contributed by atoms with Crippen LogP contribution in [0.2, 0.25) is 0 Å². The van der Waals surface area contributed by atoms with E-state index in [1.54, 1.807) is 50.1 Å². The van der Waals surface area contributed by atoms with Crippen molar-refractivity contribution in [2.45, 2.75) is 13.5 Å². The summed E-state index contributed by atoms with van der Waals surface area (Å²) in [4.78, 5) is 8.81. The summed E-state index contributed by atoms with van der Waals surface area (Å²) in [5, 5.41) is 8.32. The van der Waals surface area contributed by atoms with Crippen molar-refractivity contribution in [3.05, 3.63) is 48.7 Å². The van der Waals surface area contributed by atoms with Crippen molar-refractivity contribution >= 4 is 23.1 Å². The molecular formula is C22H18FN5O2. The van der Waals surface area contributed by atoms with Gasteiger partial charge in [0.05, 0.1) is 19.6 Å². The summed E-state index contributed by atoms with van der Waals surface area (Å²) in [7, 11) is 1.55. The molecule has 0 spiro atoms. The molecular weight excluding hydrogens is 385 g/mol. The van der Waals surface area contributed by atoms with E-state index in [9.17, 15) is 4.39 Å². The fourth-order valence-electron chi connectivity index (χ4n) is 3.62. The first-order chi connectivity index (χ1) is 14.7. The van der Waals surface area contributed by atoms with Crippen molar-refractivity contribution in [2.75, 3.05) is 13.7 Å². The number of aromatic nitrogens is 4. The van der Waals surface area contributed by atoms with E-state index < -0.39 is 0 Å². The number of aliphatic imine (C=N–C) groups is 1. The number of halogens is 1. The molecule has 2 aromatic carbocycles. The van der Waals surface area contributed by atoms with E-state index >= 15 is 0 Å². The first-order valence-electron chi connectivity index (χ1n) is 9.53. The third-order valence-corrected chi connectivity index (χ3v) is 5.14. The van der Waals surface area contributed by atoms with Crippen LogP contribution in [0.25, 0.3) is 33.4 Å². The first kappa shape index (κ1) is 18.2. The van der Waals surface area contributed by atoms with Crippen LogP contribution in [0.15, 0.2) is 47.8 Å². The molecule has 8 heteroatoms. The average Bonchev–Trinajstić information content (AvgIpc) is 3.22. The van der Waals surface area contributed by atoms with Crippen molar-refractivity contribution < 1.29 is 13.9 Å². The highest BCUT2D eigenvalue weighted by atomic mass is 19.1. The maximum Gasteiger partial charge on any atom is 0.183 e. The summed E-state index contributed by atoms with van der Waals surface area (Å²) < 4.78 is 28.0. The number of benzene rings is 2. The quantitative estimate of drug-likeness (QED) is 0.504. The second-order valence-electron chi connectivity index (χ2n) is 6.80. The van der Waals surface area contributed by atoms with Gasteiger partial charge in [-0.2, -0.15) is 5.10 Å². The fraction of sp³-hybridized carbons (Fsp3) is 0.182. The van der Waals surface area contributed by atoms with Gasteiger partial charge in [0, 0.05) is 35.5 Å². The van der Waals surface area contributed by atoms with Crippen LogP contribution < -0.4 is 9.47 Å². The van der Waals surface area contributed by atoms with Gasteiger partial charge in [-0.15, -0.1) is 5.10 Å². The SMILES string of the molecule is CCn1cnc2c(-c3ccc(F)c(-c4cc5c(cc4OC)N=CCO5)c3)cnnc21. The molecule has 1 aliphatic rings. The maximum atomic E-state index is 14.9. The van der Waals surface area contributed by atoms with Gasteiger partial charge in [0.15, 0.2) is 5.65 Å². The molecule has 0 aliphatic carbocycles. The molecule has 0 saturated heterocycles. The Labute approximate surface area is 171 Å². The number of imidazole rings is 1. The number of fused-ring (bicyclic) bond motifs is 2. The zero-order valence-corrected chi connectivity index (χ0v) is 16.5. The number of nitrogens with zero attached hydrogens (tertiary/aromatic N) is 5. The molecule has 150 valence electrons. The number of methoxy groups -OCH3 is 1. The number of hydrogen-bond donors (Lipinski definition) is 0. The van der Waals surface area contributed by atoms with Crippen LogP contribution in [-0.4, -0.2) is 39.7 Å². The van der Waals surface area contributed by atoms with Crippen molar-refractivity contribution in [1.82, 2.24) is 19.7 Å². The predicted octanol–water partition coefficient (Wildman–Crippen LogP) is 4.42. The lowest BCUT2D eigenvalue weighted by Gasteiger charge is -2.17. The minimum atomic E-state index is -0.367. The van der Waals surface area contributed by atoms with Crippen molar-refractivity contribution in [2.24, 2.45) is 4.99 Å². The van der Waals surface area contributed by atoms with Crippen LogP contribution >= 0.6 is 0 Å². The number of hydrogen-bond acceptors (Lipinski definition) is 6. The molecule has 0 unspecified atom stereocenters. The van der Waals surface area contributed by atoms with Crippen molar-refractivity contribution in [3.8, 4) is 33.8 Å². The van der Waals surface area contributed by atoms with E-state index in [4.69, 9.17) is 9.47 Å². The topological polar surface area (TPSA) is 74.4 Å². The van der Waals surface area contributed by atoms with E-state index in [0.717, 1.165) is 23.2 Å². The zero-order valence-electron chi connectivity index (χ0n) is 16.5. The van der Waals surface area contributed by atoms with Gasteiger partial charge in [-0.25, -0.2) is 9.37 Å². The number of aryl methyl sites for hydroxylation is 1. The molecule has 5 rings (SSSR count). The number of rotatable bonds is 4. The molecule has 3 heterocycles. The molecule has 0 bridgehead atoms. The van der Waals surface area contributed by atoms with Gasteiger partial charge >= 0.3 is 0 Å². The van der Waals surface area contributed by atoms with Gasteiger partial charge in [-0.1, -0.05) is 6.07 Å². The first-order valence-corrected chi connectivity index (χ1v) is 9.53. The van der Waals surface area contributed by atoms with Gasteiger partial charge in [-0.05, 0) is 30.7 Å². The molecule has 7 nitrogen and oxygen atoms in total. The fourth-order valence-corrected chi connectivity index (χ4v) is 3.62. The van der Waals surface area contributed by atoms with Gasteiger partial charge in [0.1, 0.15) is 35.1 Å². The molecule has 0 atom stereocenters. The smallest absolute Gasteiger partial charge is 0.183 e. The van der Waals surface area contributed by atoms with Crippen molar-refractivity contribution in [1.29, 1.82) is 0 Å². The standard InChI is InChI=1S/C22H18FN5O2/c1-3-28-12-25-21-16(11-26-27-22(21)28)13-4-5-17(23)14(8-13)15-9-20-18(10-19(15)29-2)24-6-7-30-20/h4-6,8-12H,3,7H2,1-2H3. The summed E-state index contributed by atoms with van der Waals surface area (Å²) in [5.74, 6) is 0.738. The molecule has 30 heavy (non-hydrogen) atoms. The second-order valence-corrected chi connectivity index (χ2v) is 6.80. The molecule has 0 saturated carbocycles. The summed E-state index contributed by atoms with van der Waals surface area (Å²) in [5.41, 5.74) is 4.62. The summed E-state index contributed by atoms with van der Waals surface area (Å²) in [6.45, 7) is 3.13. The molecule has 0 amide bonds. The lowest BCUT2D eigenvalue weighted by Crippen LogP contribution is -2.03. The van der Waals surface area contributed by atoms with E-state index in [1.807, 2.05) is 11.5 Å². The zero-order chi connectivity index (χ0) is 20.7. The van der Waals surface area contributed by atoms with Crippen LogP contribution in [0.3, 0.4) is 0 Å². The monoisotopic (exact) mass is 403 g/mol. The van der Waals surface area contributed by atoms with Gasteiger partial charge in [-0.3, -0.25) is 4.99 Å². The Morgan fingerprint density at radius 2 is 2.07 bits per heavy atom. The van der Waals surface area contributed by atoms with E-state index in [2.05, 4.69) is 20.2 Å². The number of ether oxygens (including phenoxy) is 2. The van der Waals surface area contributed by atoms with Crippen LogP contribution in [0.1, 0.15) is 6.92 Å². The highest BCUT2D eigenvalue weighted by molar-refractivity contribution is 5.91. The lowest BCUT2D eigenvalue weighted by atomic mass is 9.97. The third-order valence-electron chi connectivity index (χ3n) is 5.14. The molecule has 0 radical (unpaired) electrons. The molecule has 4 aromatic rings. The Morgan fingerprint density at radius 1 is 1.17 bits per heavy atom. The maximum absolute atomic E-state index is 14.9. The third kappa shape index (κ3) is 2.88. The largest absolute Gasteiger partial charge is 0.496 e. The summed E-state index contributed by atoms with van der Waals surface area (Å²) in [6.07, 6.45) is 5.06. The van der Waals surface area contributed by atoms with Crippen LogP contribution in [0.4, 0.5) is 10.1 Å². The van der Waals surface area contributed by atoms with E-state index in [-0.39, 0.29) is 5.82 Å². The van der Waals surface area contributed by atoms with Gasteiger partial charge < -0.3 is 14.0 Å². The molecule has 0 fully saturated rings. The Balaban J connectivity index is 1.69.